The summed E-state index contributed by atoms with van der Waals surface area (Å²) >= 11 is 1.78. The number of carbonyl (C=O) groups excluding carboxylic acids is 1. The summed E-state index contributed by atoms with van der Waals surface area (Å²) in [7, 11) is 0. The topological polar surface area (TPSA) is 52.9 Å². The summed E-state index contributed by atoms with van der Waals surface area (Å²) in [6, 6.07) is 10.2. The van der Waals surface area contributed by atoms with Crippen molar-refractivity contribution >= 4 is 23.4 Å². The number of amides is 1. The molecule has 1 aliphatic carbocycles. The fraction of sp³-hybridized carbons (Fsp3) is 0.429. The minimum Gasteiger partial charge on any atom is -0.326 e. The van der Waals surface area contributed by atoms with Crippen molar-refractivity contribution in [2.45, 2.75) is 36.3 Å². The largest absolute Gasteiger partial charge is 0.326 e. The van der Waals surface area contributed by atoms with Crippen LogP contribution in [0.5, 0.6) is 0 Å². The van der Waals surface area contributed by atoms with Gasteiger partial charge in [0.2, 0.25) is 5.91 Å². The normalized spacial score (nSPS) is 22.4. The first kappa shape index (κ1) is 13.0. The Hall–Kier alpha value is -1.47. The van der Waals surface area contributed by atoms with E-state index in [-0.39, 0.29) is 11.8 Å². The van der Waals surface area contributed by atoms with E-state index in [0.717, 1.165) is 29.8 Å². The molecule has 18 heavy (non-hydrogen) atoms. The highest BCUT2D eigenvalue weighted by Crippen LogP contribution is 2.38. The molecule has 4 heteroatoms. The van der Waals surface area contributed by atoms with Gasteiger partial charge in [0.1, 0.15) is 0 Å². The summed E-state index contributed by atoms with van der Waals surface area (Å²) in [6.45, 7) is 1.50. The van der Waals surface area contributed by atoms with Crippen molar-refractivity contribution in [1.29, 1.82) is 5.26 Å². The Bertz CT molecular complexity index is 464. The van der Waals surface area contributed by atoms with E-state index < -0.39 is 0 Å². The standard InChI is InChI=1S/C14H16N2OS/c1-10(17)16-12-5-7-13(8-6-12)18-14-4-2-3-11(14)9-15/h5-8,11,14H,2-4H2,1H3,(H,16,17). The number of carbonyl (C=O) groups is 1. The van der Waals surface area contributed by atoms with Crippen LogP contribution in [0.4, 0.5) is 5.69 Å². The van der Waals surface area contributed by atoms with Gasteiger partial charge >= 0.3 is 0 Å². The number of nitriles is 1. The number of hydrogen-bond donors (Lipinski definition) is 1. The van der Waals surface area contributed by atoms with Crippen molar-refractivity contribution in [3.63, 3.8) is 0 Å². The zero-order valence-corrected chi connectivity index (χ0v) is 11.2. The van der Waals surface area contributed by atoms with Gasteiger partial charge in [0, 0.05) is 22.8 Å². The van der Waals surface area contributed by atoms with Crippen LogP contribution in [0.25, 0.3) is 0 Å². The average molecular weight is 260 g/mol. The van der Waals surface area contributed by atoms with Crippen molar-refractivity contribution in [1.82, 2.24) is 0 Å². The van der Waals surface area contributed by atoms with Gasteiger partial charge in [-0.2, -0.15) is 5.26 Å². The molecule has 1 amide bonds. The first-order valence-electron chi connectivity index (χ1n) is 6.13. The lowest BCUT2D eigenvalue weighted by Crippen LogP contribution is -2.07. The highest BCUT2D eigenvalue weighted by Gasteiger charge is 2.27. The number of nitrogens with one attached hydrogen (secondary N) is 1. The van der Waals surface area contributed by atoms with Gasteiger partial charge in [-0.1, -0.05) is 6.42 Å². The molecule has 0 aromatic heterocycles. The first-order chi connectivity index (χ1) is 8.69. The van der Waals surface area contributed by atoms with E-state index in [0.29, 0.717) is 5.25 Å². The van der Waals surface area contributed by atoms with Gasteiger partial charge in [0.25, 0.3) is 0 Å². The van der Waals surface area contributed by atoms with E-state index in [1.807, 2.05) is 24.3 Å². The molecular weight excluding hydrogens is 244 g/mol. The van der Waals surface area contributed by atoms with Crippen LogP contribution in [0.15, 0.2) is 29.2 Å². The summed E-state index contributed by atoms with van der Waals surface area (Å²) in [5.74, 6) is 0.126. The number of benzene rings is 1. The molecule has 0 spiro atoms. The molecule has 2 rings (SSSR count). The summed E-state index contributed by atoms with van der Waals surface area (Å²) in [6.07, 6.45) is 3.30. The summed E-state index contributed by atoms with van der Waals surface area (Å²) in [4.78, 5) is 12.1. The van der Waals surface area contributed by atoms with Crippen LogP contribution in [0.1, 0.15) is 26.2 Å². The molecule has 0 heterocycles. The Kier molecular flexibility index (Phi) is 4.27. The Balaban J connectivity index is 1.98. The lowest BCUT2D eigenvalue weighted by molar-refractivity contribution is -0.114. The highest BCUT2D eigenvalue weighted by molar-refractivity contribution is 8.00. The van der Waals surface area contributed by atoms with Crippen LogP contribution in [-0.4, -0.2) is 11.2 Å². The van der Waals surface area contributed by atoms with Crippen LogP contribution in [-0.2, 0) is 4.79 Å². The molecule has 0 radical (unpaired) electrons. The second kappa shape index (κ2) is 5.92. The van der Waals surface area contributed by atoms with Crippen LogP contribution in [0.2, 0.25) is 0 Å². The van der Waals surface area contributed by atoms with Gasteiger partial charge in [-0.15, -0.1) is 11.8 Å². The van der Waals surface area contributed by atoms with Gasteiger partial charge in [-0.05, 0) is 37.1 Å². The van der Waals surface area contributed by atoms with Gasteiger partial charge in [0.05, 0.1) is 12.0 Å². The maximum atomic E-state index is 10.9. The second-order valence-corrected chi connectivity index (χ2v) is 5.84. The third-order valence-corrected chi connectivity index (χ3v) is 4.49. The predicted molar refractivity (Wildman–Crippen MR) is 73.3 cm³/mol. The zero-order valence-electron chi connectivity index (χ0n) is 10.3. The molecule has 0 aliphatic heterocycles. The first-order valence-corrected chi connectivity index (χ1v) is 7.01. The summed E-state index contributed by atoms with van der Waals surface area (Å²) in [5, 5.41) is 12.2. The lowest BCUT2D eigenvalue weighted by atomic mass is 10.1. The third kappa shape index (κ3) is 3.27. The van der Waals surface area contributed by atoms with Crippen LogP contribution >= 0.6 is 11.8 Å². The summed E-state index contributed by atoms with van der Waals surface area (Å²) < 4.78 is 0. The molecule has 0 saturated heterocycles. The van der Waals surface area contributed by atoms with Crippen molar-refractivity contribution in [2.24, 2.45) is 5.92 Å². The van der Waals surface area contributed by atoms with Gasteiger partial charge in [-0.3, -0.25) is 4.79 Å². The van der Waals surface area contributed by atoms with Crippen LogP contribution < -0.4 is 5.32 Å². The number of nitrogens with zero attached hydrogens (tertiary/aromatic N) is 1. The van der Waals surface area contributed by atoms with Crippen molar-refractivity contribution in [3.8, 4) is 6.07 Å². The number of hydrogen-bond acceptors (Lipinski definition) is 3. The number of rotatable bonds is 3. The van der Waals surface area contributed by atoms with Crippen molar-refractivity contribution in [3.05, 3.63) is 24.3 Å². The Morgan fingerprint density at radius 1 is 1.39 bits per heavy atom. The van der Waals surface area contributed by atoms with Gasteiger partial charge in [-0.25, -0.2) is 0 Å². The lowest BCUT2D eigenvalue weighted by Gasteiger charge is -2.13. The molecule has 94 valence electrons. The Morgan fingerprint density at radius 3 is 2.72 bits per heavy atom. The molecule has 3 nitrogen and oxygen atoms in total. The maximum absolute atomic E-state index is 10.9. The molecule has 2 atom stereocenters. The van der Waals surface area contributed by atoms with Crippen LogP contribution in [0, 0.1) is 17.2 Å². The van der Waals surface area contributed by atoms with Gasteiger partial charge < -0.3 is 5.32 Å². The number of anilines is 1. The molecular formula is C14H16N2OS. The minimum atomic E-state index is -0.0595. The zero-order chi connectivity index (χ0) is 13.0. The minimum absolute atomic E-state index is 0.0595. The smallest absolute Gasteiger partial charge is 0.221 e. The van der Waals surface area contributed by atoms with Crippen molar-refractivity contribution < 1.29 is 4.79 Å². The Labute approximate surface area is 112 Å². The van der Waals surface area contributed by atoms with Gasteiger partial charge in [0.15, 0.2) is 0 Å². The van der Waals surface area contributed by atoms with Crippen LogP contribution in [0.3, 0.4) is 0 Å². The van der Waals surface area contributed by atoms with E-state index >= 15 is 0 Å². The average Bonchev–Trinajstić information content (AvgIpc) is 2.78. The summed E-state index contributed by atoms with van der Waals surface area (Å²) in [5.41, 5.74) is 0.815. The molecule has 1 fully saturated rings. The monoisotopic (exact) mass is 260 g/mol. The van der Waals surface area contributed by atoms with E-state index in [4.69, 9.17) is 5.26 Å². The van der Waals surface area contributed by atoms with E-state index in [1.165, 1.54) is 6.92 Å². The quantitative estimate of drug-likeness (QED) is 0.905. The fourth-order valence-electron chi connectivity index (χ4n) is 2.21. The molecule has 1 aromatic rings. The second-order valence-electron chi connectivity index (χ2n) is 4.53. The molecule has 1 aromatic carbocycles. The van der Waals surface area contributed by atoms with E-state index in [2.05, 4.69) is 11.4 Å². The Morgan fingerprint density at radius 2 is 2.11 bits per heavy atom. The molecule has 1 aliphatic rings. The van der Waals surface area contributed by atoms with E-state index in [9.17, 15) is 4.79 Å². The molecule has 1 N–H and O–H groups in total. The fourth-order valence-corrected chi connectivity index (χ4v) is 3.50. The van der Waals surface area contributed by atoms with Crippen molar-refractivity contribution in [2.75, 3.05) is 5.32 Å². The number of thioether (sulfide) groups is 1. The van der Waals surface area contributed by atoms with E-state index in [1.54, 1.807) is 11.8 Å². The molecule has 0 bridgehead atoms. The maximum Gasteiger partial charge on any atom is 0.221 e. The predicted octanol–water partition coefficient (Wildman–Crippen LogP) is 3.43. The highest BCUT2D eigenvalue weighted by atomic mass is 32.2. The molecule has 2 unspecified atom stereocenters. The third-order valence-electron chi connectivity index (χ3n) is 3.08. The SMILES string of the molecule is CC(=O)Nc1ccc(SC2CCCC2C#N)cc1. The molecule has 1 saturated carbocycles.